The smallest absolute Gasteiger partial charge is 0.0934 e. The van der Waals surface area contributed by atoms with E-state index in [1.54, 1.807) is 11.3 Å². The van der Waals surface area contributed by atoms with Crippen LogP contribution in [-0.4, -0.2) is 18.5 Å². The van der Waals surface area contributed by atoms with Crippen LogP contribution in [-0.2, 0) is 6.54 Å². The minimum absolute atomic E-state index is 0.403. The highest BCUT2D eigenvalue weighted by Gasteiger charge is 2.26. The third-order valence-corrected chi connectivity index (χ3v) is 4.88. The molecule has 0 saturated heterocycles. The Balaban J connectivity index is 2.04. The van der Waals surface area contributed by atoms with E-state index in [9.17, 15) is 0 Å². The molecular weight excluding hydrogens is 285 g/mol. The van der Waals surface area contributed by atoms with Crippen molar-refractivity contribution in [1.82, 2.24) is 4.90 Å². The number of benzene rings is 1. The van der Waals surface area contributed by atoms with Crippen molar-refractivity contribution in [2.45, 2.75) is 12.5 Å². The fourth-order valence-electron chi connectivity index (χ4n) is 2.53. The molecule has 0 radical (unpaired) electrons. The Morgan fingerprint density at radius 2 is 1.94 bits per heavy atom. The topological polar surface area (TPSA) is 3.24 Å². The van der Waals surface area contributed by atoms with Gasteiger partial charge >= 0.3 is 0 Å². The molecule has 2 aromatic rings. The van der Waals surface area contributed by atoms with E-state index in [2.05, 4.69) is 30.1 Å². The van der Waals surface area contributed by atoms with Crippen LogP contribution in [0.1, 0.15) is 21.9 Å². The van der Waals surface area contributed by atoms with Crippen molar-refractivity contribution in [1.29, 1.82) is 0 Å². The van der Waals surface area contributed by atoms with Gasteiger partial charge in [0.05, 0.1) is 4.34 Å². The van der Waals surface area contributed by atoms with Gasteiger partial charge in [0, 0.05) is 28.9 Å². The van der Waals surface area contributed by atoms with Crippen LogP contribution < -0.4 is 0 Å². The summed E-state index contributed by atoms with van der Waals surface area (Å²) in [6, 6.07) is 10.3. The summed E-state index contributed by atoms with van der Waals surface area (Å²) in [5.74, 6) is 0.403. The Labute approximate surface area is 121 Å². The summed E-state index contributed by atoms with van der Waals surface area (Å²) in [4.78, 5) is 3.72. The average Bonchev–Trinajstić information content (AvgIpc) is 2.69. The summed E-state index contributed by atoms with van der Waals surface area (Å²) in [5, 5.41) is 0.784. The molecule has 0 aliphatic carbocycles. The van der Waals surface area contributed by atoms with Crippen LogP contribution in [0.4, 0.5) is 0 Å². The molecule has 1 aliphatic rings. The lowest BCUT2D eigenvalue weighted by Crippen LogP contribution is -2.29. The summed E-state index contributed by atoms with van der Waals surface area (Å²) < 4.78 is 0.884. The van der Waals surface area contributed by atoms with Gasteiger partial charge in [-0.2, -0.15) is 0 Å². The van der Waals surface area contributed by atoms with E-state index in [0.29, 0.717) is 5.92 Å². The van der Waals surface area contributed by atoms with Crippen LogP contribution in [0.15, 0.2) is 30.3 Å². The van der Waals surface area contributed by atoms with Crippen LogP contribution in [0.2, 0.25) is 9.36 Å². The van der Waals surface area contributed by atoms with Gasteiger partial charge in [0.15, 0.2) is 0 Å². The Morgan fingerprint density at radius 3 is 2.67 bits per heavy atom. The molecule has 94 valence electrons. The Kier molecular flexibility index (Phi) is 3.37. The molecule has 0 N–H and O–H groups in total. The summed E-state index contributed by atoms with van der Waals surface area (Å²) >= 11 is 13.8. The van der Waals surface area contributed by atoms with Gasteiger partial charge in [0.25, 0.3) is 0 Å². The van der Waals surface area contributed by atoms with Gasteiger partial charge in [-0.3, -0.25) is 0 Å². The fraction of sp³-hybridized carbons (Fsp3) is 0.286. The first-order valence-corrected chi connectivity index (χ1v) is 7.43. The van der Waals surface area contributed by atoms with Crippen molar-refractivity contribution >= 4 is 34.5 Å². The van der Waals surface area contributed by atoms with Crippen LogP contribution in [0.3, 0.4) is 0 Å². The first kappa shape index (κ1) is 12.5. The quantitative estimate of drug-likeness (QED) is 0.742. The summed E-state index contributed by atoms with van der Waals surface area (Å²) in [6.45, 7) is 2.03. The van der Waals surface area contributed by atoms with E-state index in [1.807, 2.05) is 12.1 Å². The second-order valence-electron chi connectivity index (χ2n) is 4.73. The highest BCUT2D eigenvalue weighted by molar-refractivity contribution is 7.16. The lowest BCUT2D eigenvalue weighted by atomic mass is 9.89. The third-order valence-electron chi connectivity index (χ3n) is 3.37. The zero-order valence-corrected chi connectivity index (χ0v) is 12.3. The van der Waals surface area contributed by atoms with Gasteiger partial charge in [-0.25, -0.2) is 0 Å². The molecule has 1 aromatic carbocycles. The lowest BCUT2D eigenvalue weighted by molar-refractivity contribution is 0.299. The zero-order chi connectivity index (χ0) is 12.7. The second-order valence-corrected chi connectivity index (χ2v) is 6.93. The molecule has 18 heavy (non-hydrogen) atoms. The lowest BCUT2D eigenvalue weighted by Gasteiger charge is -2.30. The largest absolute Gasteiger partial charge is 0.300 e. The van der Waals surface area contributed by atoms with Gasteiger partial charge in [-0.05, 0) is 36.4 Å². The minimum atomic E-state index is 0.403. The van der Waals surface area contributed by atoms with Crippen LogP contribution in [0.25, 0.3) is 0 Å². The molecule has 2 heterocycles. The molecule has 0 amide bonds. The number of hydrogen-bond acceptors (Lipinski definition) is 2. The number of likely N-dealkylation sites (N-methyl/N-ethyl adjacent to an activating group) is 1. The Morgan fingerprint density at radius 1 is 1.22 bits per heavy atom. The van der Waals surface area contributed by atoms with Crippen molar-refractivity contribution in [2.75, 3.05) is 13.6 Å². The molecule has 1 aliphatic heterocycles. The maximum atomic E-state index is 6.16. The van der Waals surface area contributed by atoms with E-state index >= 15 is 0 Å². The van der Waals surface area contributed by atoms with Gasteiger partial charge in [-0.15, -0.1) is 11.3 Å². The van der Waals surface area contributed by atoms with Crippen LogP contribution in [0.5, 0.6) is 0 Å². The molecule has 1 aromatic heterocycles. The number of fused-ring (bicyclic) bond motifs is 1. The minimum Gasteiger partial charge on any atom is -0.300 e. The van der Waals surface area contributed by atoms with E-state index in [4.69, 9.17) is 23.2 Å². The Bertz CT molecular complexity index is 562. The molecule has 0 unspecified atom stereocenters. The van der Waals surface area contributed by atoms with Crippen molar-refractivity contribution < 1.29 is 0 Å². The normalized spacial score (nSPS) is 19.8. The number of halogens is 2. The van der Waals surface area contributed by atoms with E-state index in [-0.39, 0.29) is 0 Å². The fourth-order valence-corrected chi connectivity index (χ4v) is 4.08. The maximum absolute atomic E-state index is 6.16. The molecular formula is C14H13Cl2NS. The Hall–Kier alpha value is -0.540. The maximum Gasteiger partial charge on any atom is 0.0934 e. The van der Waals surface area contributed by atoms with Gasteiger partial charge in [-0.1, -0.05) is 35.3 Å². The van der Waals surface area contributed by atoms with Gasteiger partial charge in [0.1, 0.15) is 0 Å². The number of hydrogen-bond donors (Lipinski definition) is 0. The molecule has 4 heteroatoms. The molecule has 0 fully saturated rings. The zero-order valence-electron chi connectivity index (χ0n) is 9.99. The third kappa shape index (κ3) is 2.30. The highest BCUT2D eigenvalue weighted by atomic mass is 35.5. The van der Waals surface area contributed by atoms with Gasteiger partial charge in [0.2, 0.25) is 0 Å². The first-order chi connectivity index (χ1) is 8.63. The van der Waals surface area contributed by atoms with Crippen LogP contribution in [0, 0.1) is 0 Å². The molecule has 0 spiro atoms. The SMILES string of the molecule is CN1Cc2sc(Cl)cc2[C@H](c2ccc(Cl)cc2)C1. The van der Waals surface area contributed by atoms with E-state index < -0.39 is 0 Å². The van der Waals surface area contributed by atoms with Crippen LogP contribution >= 0.6 is 34.5 Å². The van der Waals surface area contributed by atoms with Gasteiger partial charge < -0.3 is 4.90 Å². The van der Waals surface area contributed by atoms with Crippen molar-refractivity contribution in [2.24, 2.45) is 0 Å². The first-order valence-electron chi connectivity index (χ1n) is 5.85. The van der Waals surface area contributed by atoms with E-state index in [0.717, 1.165) is 22.4 Å². The standard InChI is InChI=1S/C14H13Cl2NS/c1-17-7-12(9-2-4-10(15)5-3-9)11-6-14(16)18-13(11)8-17/h2-6,12H,7-8H2,1H3/t12-/m0/s1. The molecule has 1 nitrogen and oxygen atoms in total. The number of rotatable bonds is 1. The molecule has 0 bridgehead atoms. The summed E-state index contributed by atoms with van der Waals surface area (Å²) in [5.41, 5.74) is 2.69. The number of thiophene rings is 1. The van der Waals surface area contributed by atoms with Crippen molar-refractivity contribution in [3.8, 4) is 0 Å². The molecule has 0 saturated carbocycles. The predicted octanol–water partition coefficient (Wildman–Crippen LogP) is 4.63. The number of nitrogens with zero attached hydrogens (tertiary/aromatic N) is 1. The second kappa shape index (κ2) is 4.86. The monoisotopic (exact) mass is 297 g/mol. The van der Waals surface area contributed by atoms with Crippen molar-refractivity contribution in [3.63, 3.8) is 0 Å². The molecule has 1 atom stereocenters. The summed E-state index contributed by atoms with van der Waals surface area (Å²) in [7, 11) is 2.15. The van der Waals surface area contributed by atoms with E-state index in [1.165, 1.54) is 16.0 Å². The summed E-state index contributed by atoms with van der Waals surface area (Å²) in [6.07, 6.45) is 0. The predicted molar refractivity (Wildman–Crippen MR) is 79.0 cm³/mol. The average molecular weight is 298 g/mol. The van der Waals surface area contributed by atoms with Crippen molar-refractivity contribution in [3.05, 3.63) is 55.7 Å². The highest BCUT2D eigenvalue weighted by Crippen LogP contribution is 2.39. The molecule has 3 rings (SSSR count).